The Morgan fingerprint density at radius 1 is 1.45 bits per heavy atom. The average molecular weight is 326 g/mol. The van der Waals surface area contributed by atoms with Gasteiger partial charge in [0, 0.05) is 25.1 Å². The second-order valence-corrected chi connectivity index (χ2v) is 5.00. The first-order valence-corrected chi connectivity index (χ1v) is 6.78. The number of nitrogens with one attached hydrogen (secondary N) is 2. The van der Waals surface area contributed by atoms with Crippen LogP contribution in [0.15, 0.2) is 18.3 Å². The van der Waals surface area contributed by atoms with Crippen molar-refractivity contribution in [3.8, 4) is 0 Å². The average Bonchev–Trinajstić information content (AvgIpc) is 2.91. The molecule has 2 N–H and O–H groups in total. The van der Waals surface area contributed by atoms with Crippen LogP contribution in [0.3, 0.4) is 0 Å². The van der Waals surface area contributed by atoms with Gasteiger partial charge in [-0.2, -0.15) is 0 Å². The van der Waals surface area contributed by atoms with Gasteiger partial charge in [0.1, 0.15) is 10.8 Å². The summed E-state index contributed by atoms with van der Waals surface area (Å²) in [6.07, 6.45) is 2.27. The van der Waals surface area contributed by atoms with E-state index in [4.69, 9.17) is 11.6 Å². The maximum absolute atomic E-state index is 13.4. The van der Waals surface area contributed by atoms with Crippen molar-refractivity contribution in [1.29, 1.82) is 0 Å². The van der Waals surface area contributed by atoms with Crippen molar-refractivity contribution in [2.24, 2.45) is 0 Å². The molecule has 0 saturated heterocycles. The molecule has 0 atom stereocenters. The molecule has 116 valence electrons. The highest BCUT2D eigenvalue weighted by atomic mass is 35.5. The Morgan fingerprint density at radius 3 is 2.86 bits per heavy atom. The van der Waals surface area contributed by atoms with Crippen molar-refractivity contribution < 1.29 is 18.8 Å². The number of halogens is 2. The fourth-order valence-electron chi connectivity index (χ4n) is 2.07. The Bertz CT molecular complexity index is 744. The van der Waals surface area contributed by atoms with Crippen molar-refractivity contribution in [2.45, 2.75) is 12.8 Å². The normalized spacial score (nSPS) is 10.5. The zero-order valence-electron chi connectivity index (χ0n) is 11.7. The van der Waals surface area contributed by atoms with Crippen molar-refractivity contribution in [3.05, 3.63) is 34.7 Å². The molecule has 0 saturated carbocycles. The first kappa shape index (κ1) is 16.0. The molecule has 0 bridgehead atoms. The predicted molar refractivity (Wildman–Crippen MR) is 79.0 cm³/mol. The van der Waals surface area contributed by atoms with Crippen LogP contribution in [0.5, 0.6) is 0 Å². The van der Waals surface area contributed by atoms with E-state index in [1.54, 1.807) is 12.3 Å². The third-order valence-corrected chi connectivity index (χ3v) is 3.67. The van der Waals surface area contributed by atoms with Crippen molar-refractivity contribution in [1.82, 2.24) is 15.2 Å². The summed E-state index contributed by atoms with van der Waals surface area (Å²) in [6, 6.07) is 2.05. The molecule has 2 aromatic rings. The monoisotopic (exact) mass is 325 g/mol. The van der Waals surface area contributed by atoms with E-state index in [1.807, 2.05) is 5.32 Å². The SMILES string of the molecule is CN(C(=O)CCc1c[nH]c2c(Cl)c(F)ccc12)C(=O)NC=O. The number of fused-ring (bicyclic) bond motifs is 1. The second-order valence-electron chi connectivity index (χ2n) is 4.62. The molecule has 0 aliphatic heterocycles. The molecule has 1 aromatic heterocycles. The summed E-state index contributed by atoms with van der Waals surface area (Å²) in [4.78, 5) is 37.1. The maximum atomic E-state index is 13.4. The van der Waals surface area contributed by atoms with E-state index < -0.39 is 17.8 Å². The molecule has 0 aliphatic carbocycles. The quantitative estimate of drug-likeness (QED) is 0.846. The minimum Gasteiger partial charge on any atom is -0.360 e. The van der Waals surface area contributed by atoms with Crippen LogP contribution in [-0.2, 0) is 16.0 Å². The third-order valence-electron chi connectivity index (χ3n) is 3.30. The van der Waals surface area contributed by atoms with E-state index >= 15 is 0 Å². The molecular formula is C14H13ClFN3O3. The Morgan fingerprint density at radius 2 is 2.18 bits per heavy atom. The molecule has 4 amide bonds. The number of benzene rings is 1. The van der Waals surface area contributed by atoms with Gasteiger partial charge < -0.3 is 4.98 Å². The lowest BCUT2D eigenvalue weighted by Gasteiger charge is -2.13. The van der Waals surface area contributed by atoms with Crippen LogP contribution in [0, 0.1) is 5.82 Å². The third kappa shape index (κ3) is 3.09. The molecular weight excluding hydrogens is 313 g/mol. The summed E-state index contributed by atoms with van der Waals surface area (Å²) in [5, 5.41) is 2.60. The number of aromatic nitrogens is 1. The summed E-state index contributed by atoms with van der Waals surface area (Å²) < 4.78 is 13.4. The number of amides is 4. The number of imide groups is 2. The Hall–Kier alpha value is -2.41. The highest BCUT2D eigenvalue weighted by Crippen LogP contribution is 2.28. The number of nitrogens with zero attached hydrogens (tertiary/aromatic N) is 1. The predicted octanol–water partition coefficient (Wildman–Crippen LogP) is 2.22. The zero-order valence-corrected chi connectivity index (χ0v) is 12.4. The molecule has 1 heterocycles. The van der Waals surface area contributed by atoms with E-state index in [9.17, 15) is 18.8 Å². The Kier molecular flexibility index (Phi) is 4.77. The maximum Gasteiger partial charge on any atom is 0.330 e. The van der Waals surface area contributed by atoms with Gasteiger partial charge in [0.15, 0.2) is 0 Å². The van der Waals surface area contributed by atoms with E-state index in [2.05, 4.69) is 4.98 Å². The van der Waals surface area contributed by atoms with Crippen LogP contribution >= 0.6 is 11.6 Å². The van der Waals surface area contributed by atoms with E-state index in [0.717, 1.165) is 15.8 Å². The number of hydrogen-bond donors (Lipinski definition) is 2. The van der Waals surface area contributed by atoms with Gasteiger partial charge in [-0.25, -0.2) is 9.18 Å². The van der Waals surface area contributed by atoms with Gasteiger partial charge >= 0.3 is 6.03 Å². The van der Waals surface area contributed by atoms with Crippen LogP contribution < -0.4 is 5.32 Å². The van der Waals surface area contributed by atoms with E-state index in [-0.39, 0.29) is 17.9 Å². The molecule has 0 aliphatic rings. The molecule has 1 aromatic carbocycles. The lowest BCUT2D eigenvalue weighted by molar-refractivity contribution is -0.127. The van der Waals surface area contributed by atoms with Crippen LogP contribution in [0.2, 0.25) is 5.02 Å². The molecule has 0 radical (unpaired) electrons. The molecule has 2 rings (SSSR count). The van der Waals surface area contributed by atoms with Crippen LogP contribution in [0.4, 0.5) is 9.18 Å². The van der Waals surface area contributed by atoms with Gasteiger partial charge in [-0.1, -0.05) is 11.6 Å². The number of urea groups is 1. The summed E-state index contributed by atoms with van der Waals surface area (Å²) >= 11 is 5.86. The minimum absolute atomic E-state index is 0.00226. The van der Waals surface area contributed by atoms with E-state index in [1.165, 1.54) is 13.1 Å². The van der Waals surface area contributed by atoms with Gasteiger partial charge in [0.05, 0.1) is 5.52 Å². The Labute approximate surface area is 130 Å². The van der Waals surface area contributed by atoms with Crippen molar-refractivity contribution >= 4 is 40.9 Å². The zero-order chi connectivity index (χ0) is 16.3. The van der Waals surface area contributed by atoms with E-state index in [0.29, 0.717) is 11.9 Å². The van der Waals surface area contributed by atoms with Gasteiger partial charge in [-0.05, 0) is 24.1 Å². The molecule has 22 heavy (non-hydrogen) atoms. The molecule has 8 heteroatoms. The van der Waals surface area contributed by atoms with Gasteiger partial charge in [-0.3, -0.25) is 19.8 Å². The smallest absolute Gasteiger partial charge is 0.330 e. The standard InChI is InChI=1S/C14H13ClFN3O3/c1-19(14(22)18-7-20)11(21)5-2-8-6-17-13-9(8)3-4-10(16)12(13)15/h3-4,6-7,17H,2,5H2,1H3,(H,18,20,22). The topological polar surface area (TPSA) is 82.3 Å². The number of hydrogen-bond acceptors (Lipinski definition) is 3. The first-order valence-electron chi connectivity index (χ1n) is 6.40. The van der Waals surface area contributed by atoms with Gasteiger partial charge in [0.2, 0.25) is 12.3 Å². The number of aryl methyl sites for hydroxylation is 1. The summed E-state index contributed by atoms with van der Waals surface area (Å²) in [7, 11) is 1.28. The lowest BCUT2D eigenvalue weighted by Crippen LogP contribution is -2.40. The molecule has 6 nitrogen and oxygen atoms in total. The van der Waals surface area contributed by atoms with Gasteiger partial charge in [0.25, 0.3) is 0 Å². The Balaban J connectivity index is 2.09. The van der Waals surface area contributed by atoms with Crippen LogP contribution in [0.25, 0.3) is 10.9 Å². The highest BCUT2D eigenvalue weighted by molar-refractivity contribution is 6.35. The van der Waals surface area contributed by atoms with Crippen molar-refractivity contribution in [3.63, 3.8) is 0 Å². The fraction of sp³-hybridized carbons (Fsp3) is 0.214. The highest BCUT2D eigenvalue weighted by Gasteiger charge is 2.17. The van der Waals surface area contributed by atoms with Crippen molar-refractivity contribution in [2.75, 3.05) is 7.05 Å². The molecule has 0 unspecified atom stereocenters. The van der Waals surface area contributed by atoms with Gasteiger partial charge in [-0.15, -0.1) is 0 Å². The summed E-state index contributed by atoms with van der Waals surface area (Å²) in [5.41, 5.74) is 1.26. The minimum atomic E-state index is -0.788. The number of aromatic amines is 1. The molecule has 0 spiro atoms. The number of carbonyl (C=O) groups excluding carboxylic acids is 3. The second kappa shape index (κ2) is 6.57. The fourth-order valence-corrected chi connectivity index (χ4v) is 2.29. The first-order chi connectivity index (χ1) is 10.5. The largest absolute Gasteiger partial charge is 0.360 e. The number of rotatable bonds is 4. The van der Waals surface area contributed by atoms with Crippen LogP contribution in [0.1, 0.15) is 12.0 Å². The number of carbonyl (C=O) groups is 3. The summed E-state index contributed by atoms with van der Waals surface area (Å²) in [5.74, 6) is -0.967. The molecule has 0 fully saturated rings. The lowest BCUT2D eigenvalue weighted by atomic mass is 10.1. The summed E-state index contributed by atoms with van der Waals surface area (Å²) in [6.45, 7) is 0. The number of H-pyrrole nitrogens is 1. The van der Waals surface area contributed by atoms with Crippen LogP contribution in [-0.4, -0.2) is 35.3 Å².